The van der Waals surface area contributed by atoms with E-state index >= 15 is 0 Å². The van der Waals surface area contributed by atoms with Gasteiger partial charge in [0, 0.05) is 28.4 Å². The van der Waals surface area contributed by atoms with E-state index in [4.69, 9.17) is 16.3 Å². The number of rotatable bonds is 6. The molecule has 5 nitrogen and oxygen atoms in total. The fourth-order valence-electron chi connectivity index (χ4n) is 4.15. The highest BCUT2D eigenvalue weighted by molar-refractivity contribution is 6.32. The SMILES string of the molecule is COc1cc(NC(=O)c2ccc(-c3cc(C(F)(F)F)nn3-c3ccccc3Cl)cc2)ccc1-c1ccccc1. The van der Waals surface area contributed by atoms with Gasteiger partial charge in [-0.25, -0.2) is 4.68 Å². The summed E-state index contributed by atoms with van der Waals surface area (Å²) >= 11 is 6.25. The lowest BCUT2D eigenvalue weighted by Gasteiger charge is -2.12. The highest BCUT2D eigenvalue weighted by Crippen LogP contribution is 2.35. The van der Waals surface area contributed by atoms with Crippen LogP contribution in [0.15, 0.2) is 103 Å². The van der Waals surface area contributed by atoms with Crippen molar-refractivity contribution in [3.05, 3.63) is 119 Å². The van der Waals surface area contributed by atoms with Crippen LogP contribution >= 0.6 is 11.6 Å². The van der Waals surface area contributed by atoms with E-state index in [1.165, 1.54) is 12.1 Å². The average Bonchev–Trinajstić information content (AvgIpc) is 3.40. The van der Waals surface area contributed by atoms with Gasteiger partial charge in [-0.1, -0.05) is 66.2 Å². The number of benzene rings is 4. The first-order valence-electron chi connectivity index (χ1n) is 11.8. The number of carbonyl (C=O) groups excluding carboxylic acids is 1. The van der Waals surface area contributed by atoms with Crippen molar-refractivity contribution in [2.45, 2.75) is 6.18 Å². The van der Waals surface area contributed by atoms with Gasteiger partial charge in [-0.05, 0) is 48.0 Å². The molecule has 0 aliphatic rings. The fourth-order valence-corrected chi connectivity index (χ4v) is 4.37. The number of hydrogen-bond acceptors (Lipinski definition) is 3. The third-order valence-electron chi connectivity index (χ3n) is 6.07. The Bertz CT molecular complexity index is 1630. The third-order valence-corrected chi connectivity index (χ3v) is 6.39. The van der Waals surface area contributed by atoms with Gasteiger partial charge in [0.05, 0.1) is 23.5 Å². The topological polar surface area (TPSA) is 56.1 Å². The summed E-state index contributed by atoms with van der Waals surface area (Å²) in [6.45, 7) is 0. The van der Waals surface area contributed by atoms with Gasteiger partial charge in [0.25, 0.3) is 5.91 Å². The molecule has 1 aromatic heterocycles. The Kier molecular flexibility index (Phi) is 7.13. The Balaban J connectivity index is 1.41. The molecule has 0 saturated carbocycles. The molecule has 9 heteroatoms. The van der Waals surface area contributed by atoms with Gasteiger partial charge in [-0.15, -0.1) is 0 Å². The molecular formula is C30H21ClF3N3O2. The van der Waals surface area contributed by atoms with Gasteiger partial charge in [-0.2, -0.15) is 18.3 Å². The zero-order valence-corrected chi connectivity index (χ0v) is 21.3. The number of amides is 1. The average molecular weight is 548 g/mol. The highest BCUT2D eigenvalue weighted by Gasteiger charge is 2.35. The summed E-state index contributed by atoms with van der Waals surface area (Å²) in [5.41, 5.74) is 2.59. The quantitative estimate of drug-likeness (QED) is 0.233. The van der Waals surface area contributed by atoms with Crippen molar-refractivity contribution < 1.29 is 22.7 Å². The number of hydrogen-bond donors (Lipinski definition) is 1. The van der Waals surface area contributed by atoms with Crippen LogP contribution in [0, 0.1) is 0 Å². The third kappa shape index (κ3) is 5.51. The molecule has 0 bridgehead atoms. The van der Waals surface area contributed by atoms with Gasteiger partial charge < -0.3 is 10.1 Å². The van der Waals surface area contributed by atoms with E-state index in [1.807, 2.05) is 36.4 Å². The van der Waals surface area contributed by atoms with Crippen molar-refractivity contribution in [3.8, 4) is 33.8 Å². The predicted molar refractivity (Wildman–Crippen MR) is 145 cm³/mol. The molecule has 1 amide bonds. The van der Waals surface area contributed by atoms with Crippen molar-refractivity contribution >= 4 is 23.2 Å². The van der Waals surface area contributed by atoms with E-state index in [9.17, 15) is 18.0 Å². The van der Waals surface area contributed by atoms with Gasteiger partial charge in [0.2, 0.25) is 0 Å². The lowest BCUT2D eigenvalue weighted by atomic mass is 10.0. The van der Waals surface area contributed by atoms with E-state index in [1.54, 1.807) is 55.6 Å². The first-order chi connectivity index (χ1) is 18.7. The summed E-state index contributed by atoms with van der Waals surface area (Å²) in [5.74, 6) is 0.217. The van der Waals surface area contributed by atoms with E-state index in [-0.39, 0.29) is 16.6 Å². The predicted octanol–water partition coefficient (Wildman–Crippen LogP) is 8.14. The van der Waals surface area contributed by atoms with Crippen LogP contribution < -0.4 is 10.1 Å². The van der Waals surface area contributed by atoms with Gasteiger partial charge in [-0.3, -0.25) is 4.79 Å². The first kappa shape index (κ1) is 26.1. The second kappa shape index (κ2) is 10.7. The van der Waals surface area contributed by atoms with Crippen LogP contribution in [-0.2, 0) is 6.18 Å². The van der Waals surface area contributed by atoms with Crippen molar-refractivity contribution in [1.29, 1.82) is 0 Å². The molecule has 5 rings (SSSR count). The number of nitrogens with zero attached hydrogens (tertiary/aromatic N) is 2. The largest absolute Gasteiger partial charge is 0.496 e. The summed E-state index contributed by atoms with van der Waals surface area (Å²) < 4.78 is 47.2. The minimum absolute atomic E-state index is 0.184. The van der Waals surface area contributed by atoms with Crippen LogP contribution in [0.3, 0.4) is 0 Å². The molecular weight excluding hydrogens is 527 g/mol. The lowest BCUT2D eigenvalue weighted by Crippen LogP contribution is -2.12. The molecule has 1 heterocycles. The second-order valence-corrected chi connectivity index (χ2v) is 9.00. The second-order valence-electron chi connectivity index (χ2n) is 8.59. The maximum Gasteiger partial charge on any atom is 0.435 e. The Morgan fingerprint density at radius 1 is 0.872 bits per heavy atom. The summed E-state index contributed by atoms with van der Waals surface area (Å²) in [7, 11) is 1.56. The number of alkyl halides is 3. The van der Waals surface area contributed by atoms with Crippen molar-refractivity contribution in [3.63, 3.8) is 0 Å². The number of carbonyl (C=O) groups is 1. The van der Waals surface area contributed by atoms with Crippen LogP contribution in [0.25, 0.3) is 28.1 Å². The van der Waals surface area contributed by atoms with Crippen LogP contribution in [0.5, 0.6) is 5.75 Å². The molecule has 0 aliphatic carbocycles. The zero-order valence-electron chi connectivity index (χ0n) is 20.5. The van der Waals surface area contributed by atoms with Crippen LogP contribution in [-0.4, -0.2) is 22.8 Å². The van der Waals surface area contributed by atoms with Gasteiger partial charge in [0.1, 0.15) is 5.75 Å². The van der Waals surface area contributed by atoms with Crippen molar-refractivity contribution in [2.75, 3.05) is 12.4 Å². The van der Waals surface area contributed by atoms with E-state index in [0.717, 1.165) is 21.9 Å². The normalized spacial score (nSPS) is 11.3. The molecule has 0 aliphatic heterocycles. The number of aromatic nitrogens is 2. The molecule has 196 valence electrons. The molecule has 39 heavy (non-hydrogen) atoms. The van der Waals surface area contributed by atoms with E-state index in [0.29, 0.717) is 28.3 Å². The molecule has 0 radical (unpaired) electrons. The minimum Gasteiger partial charge on any atom is -0.496 e. The van der Waals surface area contributed by atoms with Crippen LogP contribution in [0.2, 0.25) is 5.02 Å². The fraction of sp³-hybridized carbons (Fsp3) is 0.0667. The van der Waals surface area contributed by atoms with E-state index in [2.05, 4.69) is 10.4 Å². The minimum atomic E-state index is -4.64. The summed E-state index contributed by atoms with van der Waals surface area (Å²) in [5, 5.41) is 6.85. The molecule has 0 atom stereocenters. The van der Waals surface area contributed by atoms with Gasteiger partial charge in [0.15, 0.2) is 5.69 Å². The van der Waals surface area contributed by atoms with Crippen LogP contribution in [0.4, 0.5) is 18.9 Å². The van der Waals surface area contributed by atoms with Crippen LogP contribution in [0.1, 0.15) is 16.1 Å². The van der Waals surface area contributed by atoms with Gasteiger partial charge >= 0.3 is 6.18 Å². The van der Waals surface area contributed by atoms with Crippen molar-refractivity contribution in [2.24, 2.45) is 0 Å². The number of ether oxygens (including phenoxy) is 1. The number of nitrogens with one attached hydrogen (secondary N) is 1. The highest BCUT2D eigenvalue weighted by atomic mass is 35.5. The number of methoxy groups -OCH3 is 1. The Hall–Kier alpha value is -4.56. The molecule has 5 aromatic rings. The van der Waals surface area contributed by atoms with Crippen molar-refractivity contribution in [1.82, 2.24) is 9.78 Å². The Labute approximate surface area is 227 Å². The smallest absolute Gasteiger partial charge is 0.435 e. The first-order valence-corrected chi connectivity index (χ1v) is 12.2. The maximum absolute atomic E-state index is 13.5. The summed E-state index contributed by atoms with van der Waals surface area (Å²) in [4.78, 5) is 12.9. The number of halogens is 4. The maximum atomic E-state index is 13.5. The summed E-state index contributed by atoms with van der Waals surface area (Å²) in [6, 6.07) is 28.8. The zero-order chi connectivity index (χ0) is 27.6. The molecule has 0 spiro atoms. The Morgan fingerprint density at radius 2 is 1.56 bits per heavy atom. The molecule has 1 N–H and O–H groups in total. The number of para-hydroxylation sites is 1. The standard InChI is InChI=1S/C30H21ClF3N3O2/c1-39-27-17-22(15-16-23(27)19-7-3-2-4-8-19)35-29(38)21-13-11-20(12-14-21)26-18-28(30(32,33)34)36-37(26)25-10-6-5-9-24(25)31/h2-18H,1H3,(H,35,38). The molecule has 0 fully saturated rings. The Morgan fingerprint density at radius 3 is 2.23 bits per heavy atom. The number of anilines is 1. The monoisotopic (exact) mass is 547 g/mol. The molecule has 0 saturated heterocycles. The lowest BCUT2D eigenvalue weighted by molar-refractivity contribution is -0.141. The molecule has 0 unspecified atom stereocenters. The van der Waals surface area contributed by atoms with E-state index < -0.39 is 11.9 Å². The molecule has 4 aromatic carbocycles. The summed E-state index contributed by atoms with van der Waals surface area (Å²) in [6.07, 6.45) is -4.64.